The quantitative estimate of drug-likeness (QED) is 0.468. The molecule has 0 bridgehead atoms. The standard InChI is InChI=1S/C4H8Cl3NSi/c5-9(6,7)8-3-1-2-4-8/h1-4H2. The molecule has 0 amide bonds. The monoisotopic (exact) mass is 203 g/mol. The van der Waals surface area contributed by atoms with Gasteiger partial charge in [-0.2, -0.15) is 0 Å². The van der Waals surface area contributed by atoms with Crippen molar-refractivity contribution >= 4 is 39.4 Å². The summed E-state index contributed by atoms with van der Waals surface area (Å²) < 4.78 is 1.98. The lowest BCUT2D eigenvalue weighted by Gasteiger charge is -2.20. The lowest BCUT2D eigenvalue weighted by molar-refractivity contribution is 0.551. The summed E-state index contributed by atoms with van der Waals surface area (Å²) in [6, 6.07) is 0. The van der Waals surface area contributed by atoms with Gasteiger partial charge in [0.15, 0.2) is 0 Å². The highest BCUT2D eigenvalue weighted by Crippen LogP contribution is 2.28. The van der Waals surface area contributed by atoms with Crippen LogP contribution in [0.5, 0.6) is 0 Å². The molecule has 0 unspecified atom stereocenters. The van der Waals surface area contributed by atoms with Gasteiger partial charge in [0.25, 0.3) is 0 Å². The zero-order valence-corrected chi connectivity index (χ0v) is 8.18. The SMILES string of the molecule is Cl[Si](Cl)(Cl)N1CCCC1. The molecule has 1 fully saturated rings. The second-order valence-corrected chi connectivity index (χ2v) is 10.4. The fourth-order valence-electron chi connectivity index (χ4n) is 0.971. The molecule has 1 aliphatic heterocycles. The van der Waals surface area contributed by atoms with Gasteiger partial charge in [-0.05, 0) is 25.9 Å². The van der Waals surface area contributed by atoms with E-state index >= 15 is 0 Å². The van der Waals surface area contributed by atoms with Gasteiger partial charge in [0.1, 0.15) is 0 Å². The van der Waals surface area contributed by atoms with E-state index in [0.717, 1.165) is 13.1 Å². The summed E-state index contributed by atoms with van der Waals surface area (Å²) in [5.74, 6) is 0. The molecule has 1 rings (SSSR count). The van der Waals surface area contributed by atoms with Crippen LogP contribution in [0.4, 0.5) is 0 Å². The van der Waals surface area contributed by atoms with Crippen molar-refractivity contribution in [2.75, 3.05) is 13.1 Å². The molecule has 5 heteroatoms. The molecule has 54 valence electrons. The molecule has 9 heavy (non-hydrogen) atoms. The van der Waals surface area contributed by atoms with Crippen molar-refractivity contribution < 1.29 is 0 Å². The summed E-state index contributed by atoms with van der Waals surface area (Å²) in [5.41, 5.74) is 0. The van der Waals surface area contributed by atoms with Gasteiger partial charge in [0.2, 0.25) is 0 Å². The Kier molecular flexibility index (Phi) is 2.69. The van der Waals surface area contributed by atoms with Crippen LogP contribution in [0.3, 0.4) is 0 Å². The van der Waals surface area contributed by atoms with E-state index in [9.17, 15) is 0 Å². The van der Waals surface area contributed by atoms with E-state index in [0.29, 0.717) is 0 Å². The molecular formula is C4H8Cl3NSi. The summed E-state index contributed by atoms with van der Waals surface area (Å²) in [6.45, 7) is 1.95. The van der Waals surface area contributed by atoms with E-state index in [4.69, 9.17) is 33.2 Å². The van der Waals surface area contributed by atoms with Gasteiger partial charge in [-0.25, -0.2) is 0 Å². The van der Waals surface area contributed by atoms with Crippen molar-refractivity contribution in [3.05, 3.63) is 0 Å². The van der Waals surface area contributed by atoms with Gasteiger partial charge in [-0.3, -0.25) is 4.57 Å². The van der Waals surface area contributed by atoms with Crippen LogP contribution >= 0.6 is 33.2 Å². The van der Waals surface area contributed by atoms with Crippen molar-refractivity contribution in [1.82, 2.24) is 4.57 Å². The highest BCUT2D eigenvalue weighted by Gasteiger charge is 2.35. The Morgan fingerprint density at radius 2 is 1.44 bits per heavy atom. The predicted molar refractivity (Wildman–Crippen MR) is 44.1 cm³/mol. The van der Waals surface area contributed by atoms with Crippen molar-refractivity contribution in [2.24, 2.45) is 0 Å². The molecule has 0 saturated carbocycles. The van der Waals surface area contributed by atoms with Crippen LogP contribution in [-0.2, 0) is 0 Å². The lowest BCUT2D eigenvalue weighted by atomic mass is 10.4. The Balaban J connectivity index is 2.42. The number of hydrogen-bond acceptors (Lipinski definition) is 1. The maximum Gasteiger partial charge on any atom is 0.424 e. The minimum atomic E-state index is -2.47. The largest absolute Gasteiger partial charge is 0.424 e. The zero-order valence-electron chi connectivity index (χ0n) is 4.91. The summed E-state index contributed by atoms with van der Waals surface area (Å²) in [4.78, 5) is 0. The van der Waals surface area contributed by atoms with Crippen molar-refractivity contribution in [1.29, 1.82) is 0 Å². The van der Waals surface area contributed by atoms with E-state index in [1.54, 1.807) is 0 Å². The maximum absolute atomic E-state index is 5.74. The molecule has 0 spiro atoms. The van der Waals surface area contributed by atoms with Crippen LogP contribution in [0.2, 0.25) is 0 Å². The van der Waals surface area contributed by atoms with Gasteiger partial charge >= 0.3 is 6.16 Å². The van der Waals surface area contributed by atoms with Gasteiger partial charge in [-0.15, -0.1) is 33.2 Å². The third-order valence-electron chi connectivity index (χ3n) is 1.46. The number of rotatable bonds is 1. The number of hydrogen-bond donors (Lipinski definition) is 0. The van der Waals surface area contributed by atoms with E-state index in [-0.39, 0.29) is 0 Å². The normalized spacial score (nSPS) is 23.0. The van der Waals surface area contributed by atoms with Crippen molar-refractivity contribution in [3.8, 4) is 0 Å². The van der Waals surface area contributed by atoms with Crippen molar-refractivity contribution in [3.63, 3.8) is 0 Å². The molecular weight excluding hydrogens is 196 g/mol. The maximum atomic E-state index is 5.74. The highest BCUT2D eigenvalue weighted by molar-refractivity contribution is 7.63. The van der Waals surface area contributed by atoms with Crippen LogP contribution in [0, 0.1) is 0 Å². The van der Waals surface area contributed by atoms with E-state index in [2.05, 4.69) is 0 Å². The average molecular weight is 205 g/mol. The summed E-state index contributed by atoms with van der Waals surface area (Å²) in [7, 11) is 0. The predicted octanol–water partition coefficient (Wildman–Crippen LogP) is 2.23. The Morgan fingerprint density at radius 3 is 1.67 bits per heavy atom. The van der Waals surface area contributed by atoms with E-state index in [1.165, 1.54) is 12.8 Å². The van der Waals surface area contributed by atoms with E-state index in [1.807, 2.05) is 4.57 Å². The van der Waals surface area contributed by atoms with Crippen LogP contribution < -0.4 is 0 Å². The van der Waals surface area contributed by atoms with Gasteiger partial charge in [0, 0.05) is 0 Å². The van der Waals surface area contributed by atoms with Crippen LogP contribution in [0.25, 0.3) is 0 Å². The highest BCUT2D eigenvalue weighted by atomic mass is 35.8. The fourth-order valence-corrected chi connectivity index (χ4v) is 3.32. The third kappa shape index (κ3) is 2.28. The molecule has 1 saturated heterocycles. The number of halogens is 3. The smallest absolute Gasteiger partial charge is 0.288 e. The molecule has 0 radical (unpaired) electrons. The van der Waals surface area contributed by atoms with Crippen LogP contribution in [0.15, 0.2) is 0 Å². The Hall–Kier alpha value is 1.05. The summed E-state index contributed by atoms with van der Waals surface area (Å²) in [6.07, 6.45) is -0.111. The van der Waals surface area contributed by atoms with Gasteiger partial charge in [-0.1, -0.05) is 0 Å². The molecule has 0 N–H and O–H groups in total. The van der Waals surface area contributed by atoms with E-state index < -0.39 is 6.16 Å². The topological polar surface area (TPSA) is 3.24 Å². The van der Waals surface area contributed by atoms with Crippen LogP contribution in [-0.4, -0.2) is 23.8 Å². The van der Waals surface area contributed by atoms with Crippen molar-refractivity contribution in [2.45, 2.75) is 12.8 Å². The minimum Gasteiger partial charge on any atom is -0.288 e. The first kappa shape index (κ1) is 8.15. The van der Waals surface area contributed by atoms with Gasteiger partial charge < -0.3 is 0 Å². The van der Waals surface area contributed by atoms with Crippen LogP contribution in [0.1, 0.15) is 12.8 Å². The molecule has 0 aliphatic carbocycles. The van der Waals surface area contributed by atoms with Gasteiger partial charge in [0.05, 0.1) is 0 Å². The molecule has 0 aromatic heterocycles. The molecule has 0 atom stereocenters. The fraction of sp³-hybridized carbons (Fsp3) is 1.00. The molecule has 0 aromatic rings. The first-order valence-electron chi connectivity index (χ1n) is 2.92. The number of nitrogens with zero attached hydrogens (tertiary/aromatic N) is 1. The zero-order chi connectivity index (χ0) is 6.91. The minimum absolute atomic E-state index is 0.975. The lowest BCUT2D eigenvalue weighted by Crippen LogP contribution is -2.37. The summed E-state index contributed by atoms with van der Waals surface area (Å²) in [5, 5.41) is 0. The third-order valence-corrected chi connectivity index (χ3v) is 4.78. The first-order valence-corrected chi connectivity index (χ1v) is 7.91. The Bertz CT molecular complexity index is 96.5. The molecule has 0 aromatic carbocycles. The summed E-state index contributed by atoms with van der Waals surface area (Å²) >= 11 is 17.2. The second kappa shape index (κ2) is 2.97. The molecule has 1 heterocycles. The first-order chi connectivity index (χ1) is 4.11. The Morgan fingerprint density at radius 1 is 1.00 bits per heavy atom. The second-order valence-electron chi connectivity index (χ2n) is 2.16. The Labute approximate surface area is 70.1 Å². The average Bonchev–Trinajstić information content (AvgIpc) is 2.08. The molecule has 1 aliphatic rings. The molecule has 1 nitrogen and oxygen atoms in total.